The molecule has 2 rings (SSSR count). The molecular weight excluding hydrogens is 216 g/mol. The third kappa shape index (κ3) is 2.49. The molecule has 5 nitrogen and oxygen atoms in total. The number of piperidine rings is 1. The molecule has 0 aromatic carbocycles. The number of aryl methyl sites for hydroxylation is 1. The van der Waals surface area contributed by atoms with Crippen LogP contribution in [0.1, 0.15) is 30.3 Å². The summed E-state index contributed by atoms with van der Waals surface area (Å²) in [6.07, 6.45) is 5.28. The summed E-state index contributed by atoms with van der Waals surface area (Å²) in [5, 5.41) is 0. The molecule has 1 atom stereocenters. The monoisotopic (exact) mass is 236 g/mol. The molecule has 0 spiro atoms. The molecule has 0 bridgehead atoms. The third-order valence-corrected chi connectivity index (χ3v) is 3.61. The van der Waals surface area contributed by atoms with Gasteiger partial charge in [-0.05, 0) is 25.7 Å². The van der Waals surface area contributed by atoms with E-state index in [0.29, 0.717) is 11.6 Å². The van der Waals surface area contributed by atoms with Crippen LogP contribution in [0.3, 0.4) is 0 Å². The predicted molar refractivity (Wildman–Crippen MR) is 65.5 cm³/mol. The molecule has 17 heavy (non-hydrogen) atoms. The molecule has 1 saturated heterocycles. The van der Waals surface area contributed by atoms with Gasteiger partial charge >= 0.3 is 0 Å². The number of rotatable bonds is 2. The van der Waals surface area contributed by atoms with E-state index in [4.69, 9.17) is 5.73 Å². The molecule has 1 unspecified atom stereocenters. The molecule has 94 valence electrons. The average molecular weight is 236 g/mol. The summed E-state index contributed by atoms with van der Waals surface area (Å²) in [6, 6.07) is 0.226. The van der Waals surface area contributed by atoms with Gasteiger partial charge in [-0.15, -0.1) is 0 Å². The topological polar surface area (TPSA) is 64.2 Å². The van der Waals surface area contributed by atoms with E-state index < -0.39 is 0 Å². The molecule has 1 aromatic rings. The van der Waals surface area contributed by atoms with Crippen molar-refractivity contribution in [1.29, 1.82) is 0 Å². The van der Waals surface area contributed by atoms with Gasteiger partial charge in [-0.25, -0.2) is 4.98 Å². The summed E-state index contributed by atoms with van der Waals surface area (Å²) in [6.45, 7) is 3.65. The van der Waals surface area contributed by atoms with E-state index in [1.807, 2.05) is 18.9 Å². The lowest BCUT2D eigenvalue weighted by atomic mass is 9.91. The Kier molecular flexibility index (Phi) is 3.47. The van der Waals surface area contributed by atoms with Crippen LogP contribution in [0, 0.1) is 5.92 Å². The first-order chi connectivity index (χ1) is 8.09. The summed E-state index contributed by atoms with van der Waals surface area (Å²) in [7, 11) is 1.84. The predicted octanol–water partition coefficient (Wildman–Crippen LogP) is 0.619. The molecule has 0 saturated carbocycles. The summed E-state index contributed by atoms with van der Waals surface area (Å²) < 4.78 is 1.76. The molecule has 5 heteroatoms. The van der Waals surface area contributed by atoms with E-state index in [1.54, 1.807) is 17.1 Å². The van der Waals surface area contributed by atoms with Gasteiger partial charge in [-0.2, -0.15) is 0 Å². The van der Waals surface area contributed by atoms with Crippen LogP contribution < -0.4 is 5.73 Å². The lowest BCUT2D eigenvalue weighted by molar-refractivity contribution is 0.0671. The second-order valence-electron chi connectivity index (χ2n) is 4.88. The fraction of sp³-hybridized carbons (Fsp3) is 0.667. The first-order valence-corrected chi connectivity index (χ1v) is 6.10. The SMILES string of the molecule is CC(N)C1CCN(C(=O)c2cncn2C)CC1. The van der Waals surface area contributed by atoms with E-state index in [1.165, 1.54) is 0 Å². The Balaban J connectivity index is 1.98. The normalized spacial score (nSPS) is 19.4. The Morgan fingerprint density at radius 2 is 2.18 bits per heavy atom. The number of nitrogens with two attached hydrogens (primary N) is 1. The largest absolute Gasteiger partial charge is 0.337 e. The Morgan fingerprint density at radius 1 is 1.53 bits per heavy atom. The van der Waals surface area contributed by atoms with Gasteiger partial charge in [0.2, 0.25) is 0 Å². The zero-order valence-corrected chi connectivity index (χ0v) is 10.5. The van der Waals surface area contributed by atoms with E-state index in [0.717, 1.165) is 25.9 Å². The number of imidazole rings is 1. The first kappa shape index (κ1) is 12.1. The highest BCUT2D eigenvalue weighted by atomic mass is 16.2. The lowest BCUT2D eigenvalue weighted by Crippen LogP contribution is -2.43. The molecule has 1 amide bonds. The van der Waals surface area contributed by atoms with Crippen LogP contribution in [-0.4, -0.2) is 39.5 Å². The maximum atomic E-state index is 12.2. The Morgan fingerprint density at radius 3 is 2.65 bits per heavy atom. The fourth-order valence-corrected chi connectivity index (χ4v) is 2.35. The van der Waals surface area contributed by atoms with Gasteiger partial charge in [0, 0.05) is 26.2 Å². The molecule has 1 aromatic heterocycles. The molecule has 0 radical (unpaired) electrons. The average Bonchev–Trinajstić information content (AvgIpc) is 2.74. The number of hydrogen-bond acceptors (Lipinski definition) is 3. The zero-order valence-electron chi connectivity index (χ0n) is 10.5. The summed E-state index contributed by atoms with van der Waals surface area (Å²) in [5.41, 5.74) is 6.55. The maximum absolute atomic E-state index is 12.2. The van der Waals surface area contributed by atoms with Crippen LogP contribution in [-0.2, 0) is 7.05 Å². The highest BCUT2D eigenvalue weighted by Crippen LogP contribution is 2.20. The molecule has 1 fully saturated rings. The van der Waals surface area contributed by atoms with E-state index in [9.17, 15) is 4.79 Å². The van der Waals surface area contributed by atoms with Crippen molar-refractivity contribution in [3.63, 3.8) is 0 Å². The third-order valence-electron chi connectivity index (χ3n) is 3.61. The lowest BCUT2D eigenvalue weighted by Gasteiger charge is -2.33. The van der Waals surface area contributed by atoms with Crippen molar-refractivity contribution in [2.45, 2.75) is 25.8 Å². The minimum atomic E-state index is 0.0770. The number of amides is 1. The summed E-state index contributed by atoms with van der Waals surface area (Å²) in [5.74, 6) is 0.624. The summed E-state index contributed by atoms with van der Waals surface area (Å²) >= 11 is 0. The van der Waals surface area contributed by atoms with E-state index in [-0.39, 0.29) is 11.9 Å². The van der Waals surface area contributed by atoms with Crippen molar-refractivity contribution in [1.82, 2.24) is 14.5 Å². The number of carbonyl (C=O) groups is 1. The maximum Gasteiger partial charge on any atom is 0.272 e. The van der Waals surface area contributed by atoms with Gasteiger partial charge < -0.3 is 15.2 Å². The van der Waals surface area contributed by atoms with Crippen LogP contribution in [0.5, 0.6) is 0 Å². The molecule has 2 N–H and O–H groups in total. The van der Waals surface area contributed by atoms with E-state index in [2.05, 4.69) is 4.98 Å². The molecule has 0 aliphatic carbocycles. The second-order valence-corrected chi connectivity index (χ2v) is 4.88. The number of hydrogen-bond donors (Lipinski definition) is 1. The van der Waals surface area contributed by atoms with Crippen LogP contribution in [0.2, 0.25) is 0 Å². The summed E-state index contributed by atoms with van der Waals surface area (Å²) in [4.78, 5) is 18.1. The molecule has 1 aliphatic heterocycles. The van der Waals surface area contributed by atoms with Crippen LogP contribution >= 0.6 is 0 Å². The van der Waals surface area contributed by atoms with Crippen LogP contribution in [0.4, 0.5) is 0 Å². The minimum Gasteiger partial charge on any atom is -0.337 e. The van der Waals surface area contributed by atoms with Gasteiger partial charge in [0.15, 0.2) is 0 Å². The Bertz CT molecular complexity index is 391. The van der Waals surface area contributed by atoms with Gasteiger partial charge in [0.1, 0.15) is 5.69 Å². The molecule has 1 aliphatic rings. The van der Waals surface area contributed by atoms with Gasteiger partial charge in [0.25, 0.3) is 5.91 Å². The van der Waals surface area contributed by atoms with Crippen molar-refractivity contribution in [2.24, 2.45) is 18.7 Å². The Labute approximate surface area is 102 Å². The number of likely N-dealkylation sites (tertiary alicyclic amines) is 1. The standard InChI is InChI=1S/C12H20N4O/c1-9(13)10-3-5-16(6-4-10)12(17)11-7-14-8-15(11)2/h7-10H,3-6,13H2,1-2H3. The number of aromatic nitrogens is 2. The minimum absolute atomic E-state index is 0.0770. The van der Waals surface area contributed by atoms with Crippen molar-refractivity contribution in [3.8, 4) is 0 Å². The highest BCUT2D eigenvalue weighted by molar-refractivity contribution is 5.92. The smallest absolute Gasteiger partial charge is 0.272 e. The van der Waals surface area contributed by atoms with Crippen molar-refractivity contribution in [2.75, 3.05) is 13.1 Å². The zero-order chi connectivity index (χ0) is 12.4. The number of nitrogens with zero attached hydrogens (tertiary/aromatic N) is 3. The van der Waals surface area contributed by atoms with E-state index >= 15 is 0 Å². The quantitative estimate of drug-likeness (QED) is 0.818. The van der Waals surface area contributed by atoms with Gasteiger partial charge in [-0.1, -0.05) is 0 Å². The molecular formula is C12H20N4O. The Hall–Kier alpha value is -1.36. The molecule has 2 heterocycles. The second kappa shape index (κ2) is 4.87. The van der Waals surface area contributed by atoms with Crippen LogP contribution in [0.15, 0.2) is 12.5 Å². The van der Waals surface area contributed by atoms with Crippen molar-refractivity contribution < 1.29 is 4.79 Å². The van der Waals surface area contributed by atoms with Crippen molar-refractivity contribution in [3.05, 3.63) is 18.2 Å². The van der Waals surface area contributed by atoms with Crippen LogP contribution in [0.25, 0.3) is 0 Å². The van der Waals surface area contributed by atoms with Gasteiger partial charge in [-0.3, -0.25) is 4.79 Å². The number of carbonyl (C=O) groups excluding carboxylic acids is 1. The van der Waals surface area contributed by atoms with Gasteiger partial charge in [0.05, 0.1) is 12.5 Å². The first-order valence-electron chi connectivity index (χ1n) is 6.10. The fourth-order valence-electron chi connectivity index (χ4n) is 2.35. The van der Waals surface area contributed by atoms with Crippen molar-refractivity contribution >= 4 is 5.91 Å². The highest BCUT2D eigenvalue weighted by Gasteiger charge is 2.26.